The topological polar surface area (TPSA) is 104 Å². The third kappa shape index (κ3) is 6.04. The number of amides is 1. The standard InChI is InChI=1S/C19H28N2O5S/c1-14(2)18(21-11-6-12-27(21,25)26)19(24)20-16(9-10-17(22)23)13-15-7-4-3-5-8-15/h3-5,7-8,14,16,18H,6,9-13H2,1-2H3,(H,20,24)(H,22,23). The lowest BCUT2D eigenvalue weighted by Crippen LogP contribution is -2.53. The zero-order valence-corrected chi connectivity index (χ0v) is 16.6. The van der Waals surface area contributed by atoms with E-state index >= 15 is 0 Å². The smallest absolute Gasteiger partial charge is 0.303 e. The van der Waals surface area contributed by atoms with Crippen molar-refractivity contribution in [3.63, 3.8) is 0 Å². The molecule has 1 aliphatic heterocycles. The highest BCUT2D eigenvalue weighted by atomic mass is 32.2. The van der Waals surface area contributed by atoms with Gasteiger partial charge in [0.1, 0.15) is 6.04 Å². The monoisotopic (exact) mass is 396 g/mol. The molecule has 2 rings (SSSR count). The second-order valence-electron chi connectivity index (χ2n) is 7.30. The van der Waals surface area contributed by atoms with Crippen LogP contribution in [0.5, 0.6) is 0 Å². The summed E-state index contributed by atoms with van der Waals surface area (Å²) < 4.78 is 25.8. The Labute approximate surface area is 160 Å². The molecule has 150 valence electrons. The van der Waals surface area contributed by atoms with Crippen molar-refractivity contribution in [2.45, 2.75) is 51.6 Å². The maximum absolute atomic E-state index is 12.9. The SMILES string of the molecule is CC(C)C(C(=O)NC(CCC(=O)O)Cc1ccccc1)N1CCCS1(=O)=O. The van der Waals surface area contributed by atoms with Crippen molar-refractivity contribution in [3.05, 3.63) is 35.9 Å². The molecule has 1 aromatic rings. The normalized spacial score (nSPS) is 18.9. The summed E-state index contributed by atoms with van der Waals surface area (Å²) in [4.78, 5) is 23.9. The summed E-state index contributed by atoms with van der Waals surface area (Å²) in [6.45, 7) is 3.99. The van der Waals surface area contributed by atoms with Gasteiger partial charge in [0.25, 0.3) is 0 Å². The van der Waals surface area contributed by atoms with Gasteiger partial charge in [0.05, 0.1) is 5.75 Å². The predicted molar refractivity (Wildman–Crippen MR) is 103 cm³/mol. The van der Waals surface area contributed by atoms with Crippen LogP contribution in [0.3, 0.4) is 0 Å². The van der Waals surface area contributed by atoms with Crippen molar-refractivity contribution in [1.29, 1.82) is 0 Å². The van der Waals surface area contributed by atoms with E-state index in [1.165, 1.54) is 4.31 Å². The molecule has 0 aliphatic carbocycles. The summed E-state index contributed by atoms with van der Waals surface area (Å²) in [6, 6.07) is 8.36. The molecule has 2 unspecified atom stereocenters. The average Bonchev–Trinajstić information content (AvgIpc) is 2.92. The second kappa shape index (κ2) is 9.32. The van der Waals surface area contributed by atoms with Crippen LogP contribution < -0.4 is 5.32 Å². The van der Waals surface area contributed by atoms with Crippen molar-refractivity contribution in [3.8, 4) is 0 Å². The van der Waals surface area contributed by atoms with Crippen molar-refractivity contribution in [2.75, 3.05) is 12.3 Å². The fourth-order valence-corrected chi connectivity index (χ4v) is 5.27. The molecule has 8 heteroatoms. The number of carboxylic acid groups (broad SMARTS) is 1. The van der Waals surface area contributed by atoms with Crippen LogP contribution in [-0.4, -0.2) is 54.1 Å². The summed E-state index contributed by atoms with van der Waals surface area (Å²) in [6.07, 6.45) is 1.24. The number of sulfonamides is 1. The highest BCUT2D eigenvalue weighted by Gasteiger charge is 2.40. The minimum absolute atomic E-state index is 0.0634. The van der Waals surface area contributed by atoms with E-state index in [9.17, 15) is 18.0 Å². The Hall–Kier alpha value is -1.93. The molecular formula is C19H28N2O5S. The van der Waals surface area contributed by atoms with Gasteiger partial charge in [0.15, 0.2) is 0 Å². The first kappa shape index (κ1) is 21.4. The van der Waals surface area contributed by atoms with Crippen LogP contribution in [-0.2, 0) is 26.0 Å². The minimum Gasteiger partial charge on any atom is -0.481 e. The molecule has 1 heterocycles. The molecule has 0 saturated carbocycles. The van der Waals surface area contributed by atoms with Crippen LogP contribution in [0.4, 0.5) is 0 Å². The third-order valence-corrected chi connectivity index (χ3v) is 6.66. The number of carbonyl (C=O) groups is 2. The molecule has 0 bridgehead atoms. The van der Waals surface area contributed by atoms with Gasteiger partial charge in [-0.15, -0.1) is 0 Å². The van der Waals surface area contributed by atoms with E-state index < -0.39 is 22.0 Å². The average molecular weight is 397 g/mol. The Balaban J connectivity index is 2.15. The van der Waals surface area contributed by atoms with Crippen molar-refractivity contribution >= 4 is 21.9 Å². The number of carbonyl (C=O) groups excluding carboxylic acids is 1. The van der Waals surface area contributed by atoms with E-state index in [4.69, 9.17) is 5.11 Å². The Morgan fingerprint density at radius 1 is 1.22 bits per heavy atom. The van der Waals surface area contributed by atoms with E-state index in [1.54, 1.807) is 0 Å². The highest BCUT2D eigenvalue weighted by Crippen LogP contribution is 2.22. The minimum atomic E-state index is -3.42. The number of aliphatic carboxylic acids is 1. The molecule has 1 aliphatic rings. The number of hydrogen-bond acceptors (Lipinski definition) is 4. The maximum atomic E-state index is 12.9. The molecule has 1 aromatic carbocycles. The van der Waals surface area contributed by atoms with Gasteiger partial charge in [0.2, 0.25) is 15.9 Å². The first-order valence-corrected chi connectivity index (χ1v) is 10.9. The van der Waals surface area contributed by atoms with Gasteiger partial charge < -0.3 is 10.4 Å². The van der Waals surface area contributed by atoms with E-state index in [-0.39, 0.29) is 36.5 Å². The lowest BCUT2D eigenvalue weighted by atomic mass is 9.99. The summed E-state index contributed by atoms with van der Waals surface area (Å²) in [7, 11) is -3.42. The van der Waals surface area contributed by atoms with Gasteiger partial charge in [-0.2, -0.15) is 4.31 Å². The van der Waals surface area contributed by atoms with Crippen molar-refractivity contribution in [2.24, 2.45) is 5.92 Å². The van der Waals surface area contributed by atoms with Gasteiger partial charge in [-0.3, -0.25) is 9.59 Å². The van der Waals surface area contributed by atoms with E-state index in [1.807, 2.05) is 44.2 Å². The summed E-state index contributed by atoms with van der Waals surface area (Å²) in [5.74, 6) is -1.41. The van der Waals surface area contributed by atoms with Crippen molar-refractivity contribution < 1.29 is 23.1 Å². The van der Waals surface area contributed by atoms with Crippen molar-refractivity contribution in [1.82, 2.24) is 9.62 Å². The van der Waals surface area contributed by atoms with Crippen LogP contribution in [0.2, 0.25) is 0 Å². The second-order valence-corrected chi connectivity index (χ2v) is 9.34. The molecule has 0 spiro atoms. The van der Waals surface area contributed by atoms with Gasteiger partial charge in [0, 0.05) is 19.0 Å². The third-order valence-electron chi connectivity index (χ3n) is 4.73. The van der Waals surface area contributed by atoms with E-state index in [0.29, 0.717) is 19.4 Å². The molecule has 2 atom stereocenters. The number of nitrogens with zero attached hydrogens (tertiary/aromatic N) is 1. The highest BCUT2D eigenvalue weighted by molar-refractivity contribution is 7.89. The zero-order valence-electron chi connectivity index (χ0n) is 15.8. The van der Waals surface area contributed by atoms with Crippen LogP contribution in [0.25, 0.3) is 0 Å². The molecule has 1 fully saturated rings. The number of carboxylic acids is 1. The molecule has 0 radical (unpaired) electrons. The number of nitrogens with one attached hydrogen (secondary N) is 1. The number of rotatable bonds is 9. The summed E-state index contributed by atoms with van der Waals surface area (Å²) >= 11 is 0. The Kier molecular flexibility index (Phi) is 7.38. The first-order chi connectivity index (χ1) is 12.7. The molecule has 0 aromatic heterocycles. The van der Waals surface area contributed by atoms with E-state index in [2.05, 4.69) is 5.32 Å². The van der Waals surface area contributed by atoms with Crippen LogP contribution in [0.1, 0.15) is 38.7 Å². The molecule has 27 heavy (non-hydrogen) atoms. The molecule has 1 saturated heterocycles. The van der Waals surface area contributed by atoms with Gasteiger partial charge in [-0.1, -0.05) is 44.2 Å². The molecule has 1 amide bonds. The van der Waals surface area contributed by atoms with Gasteiger partial charge >= 0.3 is 5.97 Å². The Morgan fingerprint density at radius 3 is 2.41 bits per heavy atom. The summed E-state index contributed by atoms with van der Waals surface area (Å²) in [5, 5.41) is 11.9. The van der Waals surface area contributed by atoms with Crippen LogP contribution >= 0.6 is 0 Å². The Bertz CT molecular complexity index is 749. The lowest BCUT2D eigenvalue weighted by Gasteiger charge is -2.30. The maximum Gasteiger partial charge on any atom is 0.303 e. The molecule has 7 nitrogen and oxygen atoms in total. The van der Waals surface area contributed by atoms with Crippen LogP contribution in [0.15, 0.2) is 30.3 Å². The molecule has 2 N–H and O–H groups in total. The van der Waals surface area contributed by atoms with Gasteiger partial charge in [-0.05, 0) is 30.7 Å². The molecular weight excluding hydrogens is 368 g/mol. The van der Waals surface area contributed by atoms with E-state index in [0.717, 1.165) is 5.56 Å². The predicted octanol–water partition coefficient (Wildman–Crippen LogP) is 1.64. The number of hydrogen-bond donors (Lipinski definition) is 2. The largest absolute Gasteiger partial charge is 0.481 e. The quantitative estimate of drug-likeness (QED) is 0.660. The first-order valence-electron chi connectivity index (χ1n) is 9.26. The van der Waals surface area contributed by atoms with Crippen LogP contribution in [0, 0.1) is 5.92 Å². The zero-order chi connectivity index (χ0) is 20.0. The number of benzene rings is 1. The van der Waals surface area contributed by atoms with Gasteiger partial charge in [-0.25, -0.2) is 8.42 Å². The fraction of sp³-hybridized carbons (Fsp3) is 0.579. The Morgan fingerprint density at radius 2 is 1.89 bits per heavy atom. The fourth-order valence-electron chi connectivity index (χ4n) is 3.45. The summed E-state index contributed by atoms with van der Waals surface area (Å²) in [5.41, 5.74) is 0.989. The lowest BCUT2D eigenvalue weighted by molar-refractivity contribution is -0.137.